The molecule has 1 aliphatic carbocycles. The lowest BCUT2D eigenvalue weighted by Crippen LogP contribution is -2.58. The van der Waals surface area contributed by atoms with E-state index in [-0.39, 0.29) is 56.8 Å². The second kappa shape index (κ2) is 16.3. The third-order valence-electron chi connectivity index (χ3n) is 8.36. The van der Waals surface area contributed by atoms with Crippen LogP contribution in [0.15, 0.2) is 36.4 Å². The fourth-order valence-corrected chi connectivity index (χ4v) is 5.93. The molecule has 0 bridgehead atoms. The van der Waals surface area contributed by atoms with E-state index in [4.69, 9.17) is 23.7 Å². The molecule has 1 heterocycles. The molecule has 2 aromatic rings. The Bertz CT molecular complexity index is 1270. The molecule has 1 saturated carbocycles. The topological polar surface area (TPSA) is 107 Å². The van der Waals surface area contributed by atoms with Gasteiger partial charge in [0.25, 0.3) is 0 Å². The first kappa shape index (κ1) is 34.6. The van der Waals surface area contributed by atoms with Crippen LogP contribution in [-0.2, 0) is 42.3 Å². The summed E-state index contributed by atoms with van der Waals surface area (Å²) in [6, 6.07) is 9.35. The van der Waals surface area contributed by atoms with Crippen molar-refractivity contribution in [3.63, 3.8) is 0 Å². The van der Waals surface area contributed by atoms with Crippen molar-refractivity contribution in [2.45, 2.75) is 50.3 Å². The molecule has 1 aliphatic heterocycles. The predicted molar refractivity (Wildman–Crippen MR) is 161 cm³/mol. The number of hydrogen-bond acceptors (Lipinski definition) is 7. The SMILES string of the molecule is COCCCc1cc(CN(C(=O)[C@H]2CN(C(=O)O)CC[C@]2(OCCOC)c2ccc(F)c(F)c2)C2CC2)cc(OCCOC)c1. The van der Waals surface area contributed by atoms with Crippen molar-refractivity contribution in [3.05, 3.63) is 64.7 Å². The molecule has 0 unspecified atom stereocenters. The fourth-order valence-electron chi connectivity index (χ4n) is 5.93. The Hall–Kier alpha value is -3.32. The van der Waals surface area contributed by atoms with Crippen molar-refractivity contribution < 1.29 is 47.2 Å². The number of carbonyl (C=O) groups is 2. The number of benzene rings is 2. The minimum absolute atomic E-state index is 0.0469. The number of ether oxygens (including phenoxy) is 5. The standard InChI is InChI=1S/C33H44F2N2O8/c1-41-12-4-5-23-17-24(19-27(18-23)44-15-13-42-2)21-37(26-7-8-26)31(38)28-22-36(32(39)40)11-10-33(28,45-16-14-43-3)25-6-9-29(34)30(35)20-25/h6,9,17-20,26,28H,4-5,7-8,10-16,21-22H2,1-3H3,(H,39,40)/t28-,33+/m1/s1. The van der Waals surface area contributed by atoms with Crippen LogP contribution in [0.25, 0.3) is 0 Å². The van der Waals surface area contributed by atoms with Crippen LogP contribution in [0, 0.1) is 17.6 Å². The van der Waals surface area contributed by atoms with E-state index in [0.717, 1.165) is 48.9 Å². The molecule has 0 aromatic heterocycles. The Morgan fingerprint density at radius 2 is 1.64 bits per heavy atom. The van der Waals surface area contributed by atoms with Gasteiger partial charge in [-0.15, -0.1) is 0 Å². The summed E-state index contributed by atoms with van der Waals surface area (Å²) in [5.74, 6) is -2.76. The van der Waals surface area contributed by atoms with E-state index in [1.54, 1.807) is 19.1 Å². The van der Waals surface area contributed by atoms with E-state index in [9.17, 15) is 23.5 Å². The Morgan fingerprint density at radius 1 is 0.933 bits per heavy atom. The minimum atomic E-state index is -1.40. The summed E-state index contributed by atoms with van der Waals surface area (Å²) in [6.45, 7) is 1.82. The zero-order valence-electron chi connectivity index (χ0n) is 26.3. The predicted octanol–water partition coefficient (Wildman–Crippen LogP) is 4.62. The molecule has 2 aliphatic rings. The number of amides is 2. The number of carboxylic acid groups (broad SMARTS) is 1. The van der Waals surface area contributed by atoms with Crippen LogP contribution in [0.3, 0.4) is 0 Å². The van der Waals surface area contributed by atoms with Gasteiger partial charge in [-0.25, -0.2) is 13.6 Å². The molecule has 45 heavy (non-hydrogen) atoms. The molecular formula is C33H44F2N2O8. The summed E-state index contributed by atoms with van der Waals surface area (Å²) >= 11 is 0. The van der Waals surface area contributed by atoms with Crippen molar-refractivity contribution >= 4 is 12.0 Å². The van der Waals surface area contributed by atoms with Crippen LogP contribution in [0.2, 0.25) is 0 Å². The Balaban J connectivity index is 1.71. The number of rotatable bonds is 17. The fraction of sp³-hybridized carbons (Fsp3) is 0.576. The summed E-state index contributed by atoms with van der Waals surface area (Å²) < 4.78 is 56.5. The van der Waals surface area contributed by atoms with Gasteiger partial charge in [-0.3, -0.25) is 4.79 Å². The highest BCUT2D eigenvalue weighted by molar-refractivity contribution is 5.82. The maximum atomic E-state index is 14.7. The van der Waals surface area contributed by atoms with Crippen LogP contribution in [0.4, 0.5) is 13.6 Å². The van der Waals surface area contributed by atoms with E-state index < -0.39 is 29.2 Å². The average molecular weight is 635 g/mol. The van der Waals surface area contributed by atoms with Crippen LogP contribution in [0.1, 0.15) is 42.4 Å². The highest BCUT2D eigenvalue weighted by Gasteiger charge is 2.52. The molecule has 0 radical (unpaired) electrons. The highest BCUT2D eigenvalue weighted by Crippen LogP contribution is 2.44. The average Bonchev–Trinajstić information content (AvgIpc) is 3.87. The quantitative estimate of drug-likeness (QED) is 0.252. The molecule has 2 aromatic carbocycles. The van der Waals surface area contributed by atoms with Gasteiger partial charge >= 0.3 is 6.09 Å². The number of methoxy groups -OCH3 is 3. The van der Waals surface area contributed by atoms with Gasteiger partial charge in [-0.05, 0) is 73.1 Å². The summed E-state index contributed by atoms with van der Waals surface area (Å²) in [7, 11) is 4.77. The summed E-state index contributed by atoms with van der Waals surface area (Å²) in [6.07, 6.45) is 2.08. The first-order valence-corrected chi connectivity index (χ1v) is 15.3. The number of piperidine rings is 1. The monoisotopic (exact) mass is 634 g/mol. The van der Waals surface area contributed by atoms with E-state index in [2.05, 4.69) is 0 Å². The maximum absolute atomic E-state index is 14.7. The Kier molecular flexibility index (Phi) is 12.5. The zero-order valence-corrected chi connectivity index (χ0v) is 26.3. The van der Waals surface area contributed by atoms with Gasteiger partial charge in [0.05, 0.1) is 25.7 Å². The van der Waals surface area contributed by atoms with E-state index in [1.807, 2.05) is 18.2 Å². The normalized spacial score (nSPS) is 19.8. The van der Waals surface area contributed by atoms with Crippen molar-refractivity contribution in [2.24, 2.45) is 5.92 Å². The molecule has 12 heteroatoms. The summed E-state index contributed by atoms with van der Waals surface area (Å²) in [4.78, 5) is 29.8. The lowest BCUT2D eigenvalue weighted by molar-refractivity contribution is -0.168. The van der Waals surface area contributed by atoms with Gasteiger partial charge in [-0.1, -0.05) is 12.1 Å². The number of halogens is 2. The lowest BCUT2D eigenvalue weighted by Gasteiger charge is -2.47. The number of hydrogen-bond donors (Lipinski definition) is 1. The van der Waals surface area contributed by atoms with Crippen LogP contribution in [0.5, 0.6) is 5.75 Å². The van der Waals surface area contributed by atoms with Crippen LogP contribution >= 0.6 is 0 Å². The molecule has 2 fully saturated rings. The smallest absolute Gasteiger partial charge is 0.407 e. The maximum Gasteiger partial charge on any atom is 0.407 e. The third-order valence-corrected chi connectivity index (χ3v) is 8.36. The van der Waals surface area contributed by atoms with Crippen molar-refractivity contribution in [2.75, 3.05) is 67.5 Å². The molecule has 1 saturated heterocycles. The molecular weight excluding hydrogens is 590 g/mol. The molecule has 10 nitrogen and oxygen atoms in total. The van der Waals surface area contributed by atoms with Gasteiger partial charge in [0.15, 0.2) is 11.6 Å². The Morgan fingerprint density at radius 3 is 2.31 bits per heavy atom. The number of likely N-dealkylation sites (tertiary alicyclic amines) is 1. The first-order chi connectivity index (χ1) is 21.7. The second-order valence-corrected chi connectivity index (χ2v) is 11.5. The summed E-state index contributed by atoms with van der Waals surface area (Å²) in [5.41, 5.74) is 0.779. The van der Waals surface area contributed by atoms with Gasteiger partial charge in [0.2, 0.25) is 5.91 Å². The first-order valence-electron chi connectivity index (χ1n) is 15.3. The van der Waals surface area contributed by atoms with E-state index in [0.29, 0.717) is 25.6 Å². The van der Waals surface area contributed by atoms with Crippen molar-refractivity contribution in [3.8, 4) is 5.75 Å². The lowest BCUT2D eigenvalue weighted by atomic mass is 9.74. The van der Waals surface area contributed by atoms with Crippen LogP contribution in [-0.4, -0.2) is 100 Å². The van der Waals surface area contributed by atoms with Gasteiger partial charge in [-0.2, -0.15) is 0 Å². The molecule has 2 atom stereocenters. The van der Waals surface area contributed by atoms with Crippen molar-refractivity contribution in [1.29, 1.82) is 0 Å². The van der Waals surface area contributed by atoms with E-state index >= 15 is 0 Å². The molecule has 2 amide bonds. The molecule has 1 N–H and O–H groups in total. The highest BCUT2D eigenvalue weighted by atomic mass is 19.2. The molecule has 4 rings (SSSR count). The number of carbonyl (C=O) groups excluding carboxylic acids is 1. The Labute approximate surface area is 263 Å². The largest absolute Gasteiger partial charge is 0.491 e. The third kappa shape index (κ3) is 8.90. The van der Waals surface area contributed by atoms with Crippen LogP contribution < -0.4 is 4.74 Å². The zero-order chi connectivity index (χ0) is 32.4. The number of nitrogens with zero attached hydrogens (tertiary/aromatic N) is 2. The van der Waals surface area contributed by atoms with E-state index in [1.165, 1.54) is 18.1 Å². The van der Waals surface area contributed by atoms with Crippen molar-refractivity contribution in [1.82, 2.24) is 9.80 Å². The summed E-state index contributed by atoms with van der Waals surface area (Å²) in [5, 5.41) is 9.91. The molecule has 0 spiro atoms. The van der Waals surface area contributed by atoms with Gasteiger partial charge in [0.1, 0.15) is 18.0 Å². The molecule has 248 valence electrons. The van der Waals surface area contributed by atoms with Gasteiger partial charge < -0.3 is 38.6 Å². The van der Waals surface area contributed by atoms with Gasteiger partial charge in [0, 0.05) is 53.6 Å². The second-order valence-electron chi connectivity index (χ2n) is 11.5. The minimum Gasteiger partial charge on any atom is -0.491 e. The number of aryl methyl sites for hydroxylation is 1.